The molecule has 2 aliphatic rings. The summed E-state index contributed by atoms with van der Waals surface area (Å²) >= 11 is 0. The number of aryl methyl sites for hydroxylation is 2. The van der Waals surface area contributed by atoms with E-state index in [1.807, 2.05) is 85.7 Å². The minimum Gasteiger partial charge on any atom is -0.862 e. The molecule has 5 heterocycles. The van der Waals surface area contributed by atoms with Gasteiger partial charge in [0.1, 0.15) is 12.1 Å². The Morgan fingerprint density at radius 2 is 1.02 bits per heavy atom. The largest absolute Gasteiger partial charge is 1.00 e. The van der Waals surface area contributed by atoms with Gasteiger partial charge in [0.05, 0.1) is 22.8 Å². The summed E-state index contributed by atoms with van der Waals surface area (Å²) in [5, 5.41) is 45.8. The third-order valence-electron chi connectivity index (χ3n) is 10.8. The van der Waals surface area contributed by atoms with Crippen LogP contribution in [-0.4, -0.2) is 66.0 Å². The zero-order valence-electron chi connectivity index (χ0n) is 36.7. The summed E-state index contributed by atoms with van der Waals surface area (Å²) in [6.45, 7) is 23.7. The molecule has 3 aromatic rings. The van der Waals surface area contributed by atoms with Crippen molar-refractivity contribution in [3.63, 3.8) is 0 Å². The van der Waals surface area contributed by atoms with Crippen molar-refractivity contribution >= 4 is 80.2 Å². The summed E-state index contributed by atoms with van der Waals surface area (Å²) in [5.74, 6) is -3.18. The van der Waals surface area contributed by atoms with Crippen LogP contribution in [0.5, 0.6) is 0 Å². The molecule has 8 bridgehead atoms. The van der Waals surface area contributed by atoms with Crippen molar-refractivity contribution in [3.05, 3.63) is 82.5 Å². The number of aliphatic imine (C=N–C) groups is 2. The predicted octanol–water partition coefficient (Wildman–Crippen LogP) is 2.16. The zero-order chi connectivity index (χ0) is 42.6. The molecule has 0 aliphatic carbocycles. The van der Waals surface area contributed by atoms with Gasteiger partial charge >= 0.3 is 71.1 Å². The first-order chi connectivity index (χ1) is 27.4. The van der Waals surface area contributed by atoms with E-state index in [9.17, 15) is 30.0 Å². The Morgan fingerprint density at radius 3 is 1.38 bits per heavy atom. The summed E-state index contributed by atoms with van der Waals surface area (Å²) in [5.41, 5.74) is 12.9. The van der Waals surface area contributed by atoms with E-state index >= 15 is 0 Å². The number of nitrogens with one attached hydrogen (secondary N) is 2. The van der Waals surface area contributed by atoms with Crippen LogP contribution in [0.25, 0.3) is 56.5 Å². The van der Waals surface area contributed by atoms with E-state index < -0.39 is 35.8 Å². The SMILES string of the molecule is C=Cc1c(C)c2cc3[nH]c(cc4nc(cc5nc(cc1[nH]2)C(C)=C5CCC([O-])=N[C@@H](CC(C)C)C(=O)O)C(CCC([O-])=N[C@@H](CC(C)C)C(=O)O)=C4C)c(C)c3C=C.[Na+].[Na+]. The number of aromatic amines is 2. The fraction of sp³-hybridized carbons (Fsp3) is 0.391. The van der Waals surface area contributed by atoms with Crippen LogP contribution in [0.2, 0.25) is 0 Å². The van der Waals surface area contributed by atoms with Crippen molar-refractivity contribution in [1.82, 2.24) is 19.9 Å². The monoisotopic (exact) mass is 832 g/mol. The van der Waals surface area contributed by atoms with Gasteiger partial charge in [-0.15, -0.1) is 0 Å². The average Bonchev–Trinajstić information content (AvgIpc) is 3.81. The number of aliphatic carboxylic acids is 2. The first-order valence-corrected chi connectivity index (χ1v) is 19.8. The van der Waals surface area contributed by atoms with Crippen LogP contribution in [0.15, 0.2) is 47.4 Å². The maximum atomic E-state index is 13.2. The van der Waals surface area contributed by atoms with Gasteiger partial charge in [-0.3, -0.25) is 9.98 Å². The molecular formula is C46H54N6Na2O6. The van der Waals surface area contributed by atoms with Crippen LogP contribution < -0.4 is 69.3 Å². The zero-order valence-corrected chi connectivity index (χ0v) is 40.7. The minimum absolute atomic E-state index is 0. The third-order valence-corrected chi connectivity index (χ3v) is 10.8. The number of aromatic nitrogens is 4. The molecular weight excluding hydrogens is 779 g/mol. The van der Waals surface area contributed by atoms with Crippen molar-refractivity contribution < 1.29 is 89.1 Å². The molecule has 14 heteroatoms. The molecule has 12 nitrogen and oxygen atoms in total. The van der Waals surface area contributed by atoms with Crippen molar-refractivity contribution in [3.8, 4) is 0 Å². The summed E-state index contributed by atoms with van der Waals surface area (Å²) < 4.78 is 0. The number of allylic oxidation sites excluding steroid dienone is 4. The number of carbonyl (C=O) groups is 2. The summed E-state index contributed by atoms with van der Waals surface area (Å²) in [4.78, 5) is 49.2. The van der Waals surface area contributed by atoms with Crippen LogP contribution in [0.1, 0.15) is 125 Å². The van der Waals surface area contributed by atoms with Gasteiger partial charge in [0, 0.05) is 33.2 Å². The molecule has 0 radical (unpaired) electrons. The molecule has 60 heavy (non-hydrogen) atoms. The summed E-state index contributed by atoms with van der Waals surface area (Å²) in [6, 6.07) is 5.59. The first kappa shape index (κ1) is 50.3. The number of carboxylic acid groups (broad SMARTS) is 2. The second-order valence-electron chi connectivity index (χ2n) is 16.0. The topological polar surface area (TPSA) is 203 Å². The van der Waals surface area contributed by atoms with Gasteiger partial charge in [-0.05, 0) is 148 Å². The molecule has 0 fully saturated rings. The van der Waals surface area contributed by atoms with Crippen molar-refractivity contribution in [2.45, 2.75) is 106 Å². The molecule has 0 saturated heterocycles. The van der Waals surface area contributed by atoms with Crippen LogP contribution in [0.3, 0.4) is 0 Å². The quantitative estimate of drug-likeness (QED) is 0.0956. The van der Waals surface area contributed by atoms with Crippen LogP contribution in [0, 0.1) is 25.7 Å². The van der Waals surface area contributed by atoms with Crippen LogP contribution in [-0.2, 0) is 9.59 Å². The fourth-order valence-corrected chi connectivity index (χ4v) is 7.55. The number of H-pyrrole nitrogens is 2. The molecule has 4 N–H and O–H groups in total. The molecule has 2 aliphatic heterocycles. The van der Waals surface area contributed by atoms with Crippen LogP contribution >= 0.6 is 0 Å². The van der Waals surface area contributed by atoms with E-state index in [2.05, 4.69) is 33.1 Å². The smallest absolute Gasteiger partial charge is 0.862 e. The van der Waals surface area contributed by atoms with Gasteiger partial charge in [0.25, 0.3) is 0 Å². The second kappa shape index (κ2) is 21.7. The van der Waals surface area contributed by atoms with E-state index in [4.69, 9.17) is 9.97 Å². The summed E-state index contributed by atoms with van der Waals surface area (Å²) in [6.07, 6.45) is 4.58. The van der Waals surface area contributed by atoms with E-state index in [1.54, 1.807) is 6.08 Å². The van der Waals surface area contributed by atoms with E-state index in [-0.39, 0.29) is 109 Å². The Kier molecular flexibility index (Phi) is 18.2. The Balaban J connectivity index is 0.00000480. The maximum Gasteiger partial charge on any atom is 1.00 e. The Labute approximate surface area is 396 Å². The summed E-state index contributed by atoms with van der Waals surface area (Å²) in [7, 11) is 0. The van der Waals surface area contributed by atoms with Crippen molar-refractivity contribution in [2.75, 3.05) is 0 Å². The Hall–Kier alpha value is -4.04. The molecule has 306 valence electrons. The van der Waals surface area contributed by atoms with Gasteiger partial charge in [-0.1, -0.05) is 53.0 Å². The second-order valence-corrected chi connectivity index (χ2v) is 16.0. The molecule has 5 rings (SSSR count). The Bertz CT molecular complexity index is 2450. The fourth-order valence-electron chi connectivity index (χ4n) is 7.55. The van der Waals surface area contributed by atoms with Gasteiger partial charge < -0.3 is 30.4 Å². The van der Waals surface area contributed by atoms with Gasteiger partial charge in [-0.2, -0.15) is 0 Å². The van der Waals surface area contributed by atoms with Crippen molar-refractivity contribution in [1.29, 1.82) is 0 Å². The van der Waals surface area contributed by atoms with Crippen molar-refractivity contribution in [2.24, 2.45) is 21.8 Å². The number of hydrogen-bond donors (Lipinski definition) is 4. The first-order valence-electron chi connectivity index (χ1n) is 19.8. The van der Waals surface area contributed by atoms with Gasteiger partial charge in [0.2, 0.25) is 0 Å². The number of fused-ring (bicyclic) bond motifs is 8. The third kappa shape index (κ3) is 11.7. The molecule has 0 spiro atoms. The normalized spacial score (nSPS) is 14.2. The molecule has 0 amide bonds. The predicted molar refractivity (Wildman–Crippen MR) is 231 cm³/mol. The number of rotatable bonds is 16. The number of carboxylic acids is 2. The molecule has 3 aromatic heterocycles. The maximum absolute atomic E-state index is 13.2. The van der Waals surface area contributed by atoms with Gasteiger partial charge in [-0.25, -0.2) is 19.6 Å². The van der Waals surface area contributed by atoms with Crippen LogP contribution in [0.4, 0.5) is 0 Å². The minimum atomic E-state index is -1.13. The molecule has 0 unspecified atom stereocenters. The number of hydrogen-bond acceptors (Lipinski definition) is 8. The Morgan fingerprint density at radius 1 is 0.650 bits per heavy atom. The molecule has 0 aromatic carbocycles. The average molecular weight is 833 g/mol. The van der Waals surface area contributed by atoms with Gasteiger partial charge in [0.15, 0.2) is 0 Å². The standard InChI is InChI=1S/C46H56N6O6.2Na/c1-11-29-25(7)33-19-34-27(9)31(13-15-43(53)51-41(45(55)56)17-23(3)4)39(49-34)22-40-32(14-16-44(54)52-42(46(57)58)18-24(5)6)28(10)36(50-40)21-38-30(12-2)26(8)35(48-38)20-37(29)47-33;;/h11-12,19-24,41-42,47-48H,1-2,13-18H2,3-10H3,(H,51,53)(H,52,54)(H,55,56)(H,57,58);;/q;2*+1/p-2/t41-,42-;;/m0../s1. The molecule has 2 atom stereocenters. The number of nitrogens with zero attached hydrogens (tertiary/aromatic N) is 4. The van der Waals surface area contributed by atoms with E-state index in [0.717, 1.165) is 66.6 Å². The van der Waals surface area contributed by atoms with E-state index in [1.165, 1.54) is 0 Å². The van der Waals surface area contributed by atoms with E-state index in [0.29, 0.717) is 22.8 Å². The molecule has 0 saturated carbocycles.